The Morgan fingerprint density at radius 3 is 3.13 bits per heavy atom. The van der Waals surface area contributed by atoms with Crippen molar-refractivity contribution in [2.75, 3.05) is 0 Å². The molecule has 0 saturated heterocycles. The van der Waals surface area contributed by atoms with Gasteiger partial charge in [0, 0.05) is 17.4 Å². The average Bonchev–Trinajstić information content (AvgIpc) is 2.85. The minimum absolute atomic E-state index is 0.215. The molecule has 0 aliphatic carbocycles. The zero-order valence-corrected chi connectivity index (χ0v) is 8.97. The fourth-order valence-electron chi connectivity index (χ4n) is 1.43. The lowest BCUT2D eigenvalue weighted by Gasteiger charge is -2.00. The monoisotopic (exact) mass is 220 g/mol. The van der Waals surface area contributed by atoms with Gasteiger partial charge < -0.3 is 5.73 Å². The average molecular weight is 220 g/mol. The molecule has 0 saturated carbocycles. The van der Waals surface area contributed by atoms with Gasteiger partial charge in [0.15, 0.2) is 0 Å². The van der Waals surface area contributed by atoms with Gasteiger partial charge in [0.1, 0.15) is 0 Å². The van der Waals surface area contributed by atoms with E-state index in [-0.39, 0.29) is 5.84 Å². The Morgan fingerprint density at radius 2 is 2.47 bits per heavy atom. The third-order valence-electron chi connectivity index (χ3n) is 2.19. The van der Waals surface area contributed by atoms with Crippen molar-refractivity contribution in [1.82, 2.24) is 10.2 Å². The zero-order valence-electron chi connectivity index (χ0n) is 8.16. The molecule has 2 heterocycles. The molecular formula is C10H12N4S. The van der Waals surface area contributed by atoms with Crippen LogP contribution in [0.5, 0.6) is 0 Å². The highest BCUT2D eigenvalue weighted by molar-refractivity contribution is 7.08. The molecule has 0 radical (unpaired) electrons. The van der Waals surface area contributed by atoms with Crippen LogP contribution >= 0.6 is 11.3 Å². The van der Waals surface area contributed by atoms with E-state index in [0.29, 0.717) is 6.42 Å². The van der Waals surface area contributed by atoms with Crippen LogP contribution < -0.4 is 5.73 Å². The van der Waals surface area contributed by atoms with Gasteiger partial charge in [0.2, 0.25) is 0 Å². The number of aromatic nitrogens is 2. The third kappa shape index (κ3) is 2.24. The van der Waals surface area contributed by atoms with Gasteiger partial charge in [-0.05, 0) is 23.4 Å². The molecule has 0 spiro atoms. The summed E-state index contributed by atoms with van der Waals surface area (Å²) in [7, 11) is 0. The molecule has 0 fully saturated rings. The summed E-state index contributed by atoms with van der Waals surface area (Å²) in [4.78, 5) is 0. The lowest BCUT2D eigenvalue weighted by atomic mass is 10.1. The summed E-state index contributed by atoms with van der Waals surface area (Å²) < 4.78 is 0. The number of H-pyrrole nitrogens is 1. The smallest absolute Gasteiger partial charge is 0.0908 e. The second-order valence-corrected chi connectivity index (χ2v) is 4.09. The van der Waals surface area contributed by atoms with E-state index < -0.39 is 0 Å². The Hall–Kier alpha value is -1.62. The highest BCUT2D eigenvalue weighted by Crippen LogP contribution is 2.24. The van der Waals surface area contributed by atoms with Gasteiger partial charge in [-0.3, -0.25) is 10.5 Å². The van der Waals surface area contributed by atoms with E-state index in [1.165, 1.54) is 0 Å². The van der Waals surface area contributed by atoms with Gasteiger partial charge in [-0.15, -0.1) is 0 Å². The summed E-state index contributed by atoms with van der Waals surface area (Å²) in [5, 5.41) is 18.3. The van der Waals surface area contributed by atoms with Crippen LogP contribution in [0.15, 0.2) is 23.0 Å². The molecule has 0 aliphatic rings. The Kier molecular flexibility index (Phi) is 2.82. The molecule has 0 aromatic carbocycles. The Bertz CT molecular complexity index is 444. The predicted octanol–water partition coefficient (Wildman–Crippen LogP) is 2.01. The number of amidine groups is 1. The first-order valence-corrected chi connectivity index (χ1v) is 5.59. The summed E-state index contributed by atoms with van der Waals surface area (Å²) in [6, 6.07) is 2.05. The largest absolute Gasteiger partial charge is 0.388 e. The molecule has 4 N–H and O–H groups in total. The number of thiophene rings is 1. The molecule has 78 valence electrons. The number of aryl methyl sites for hydroxylation is 1. The van der Waals surface area contributed by atoms with Crippen LogP contribution in [0.4, 0.5) is 0 Å². The normalized spacial score (nSPS) is 10.4. The second-order valence-electron chi connectivity index (χ2n) is 3.31. The summed E-state index contributed by atoms with van der Waals surface area (Å²) >= 11 is 1.66. The number of nitrogens with two attached hydrogens (primary N) is 1. The highest BCUT2D eigenvalue weighted by atomic mass is 32.1. The SMILES string of the molecule is N=C(N)CCc1cn[nH]c1-c1ccsc1. The third-order valence-corrected chi connectivity index (χ3v) is 2.87. The maximum Gasteiger partial charge on any atom is 0.0908 e. The zero-order chi connectivity index (χ0) is 10.7. The van der Waals surface area contributed by atoms with Crippen molar-refractivity contribution in [3.8, 4) is 11.3 Å². The van der Waals surface area contributed by atoms with Crippen molar-refractivity contribution in [2.24, 2.45) is 5.73 Å². The van der Waals surface area contributed by atoms with Crippen LogP contribution in [-0.2, 0) is 6.42 Å². The first-order chi connectivity index (χ1) is 7.27. The van der Waals surface area contributed by atoms with Crippen molar-refractivity contribution in [1.29, 1.82) is 5.41 Å². The molecule has 2 aromatic rings. The fraction of sp³-hybridized carbons (Fsp3) is 0.200. The summed E-state index contributed by atoms with van der Waals surface area (Å²) in [6.07, 6.45) is 3.14. The first-order valence-electron chi connectivity index (χ1n) is 4.65. The molecule has 0 unspecified atom stereocenters. The van der Waals surface area contributed by atoms with E-state index >= 15 is 0 Å². The standard InChI is InChI=1S/C10H12N4S/c11-9(12)2-1-7-5-13-14-10(7)8-3-4-15-6-8/h3-6H,1-2H2,(H3,11,12)(H,13,14). The van der Waals surface area contributed by atoms with Crippen LogP contribution in [0.3, 0.4) is 0 Å². The number of aromatic amines is 1. The van der Waals surface area contributed by atoms with Crippen LogP contribution in [0, 0.1) is 5.41 Å². The lowest BCUT2D eigenvalue weighted by molar-refractivity contribution is 1.02. The quantitative estimate of drug-likeness (QED) is 0.544. The molecule has 2 rings (SSSR count). The van der Waals surface area contributed by atoms with Crippen molar-refractivity contribution in [3.05, 3.63) is 28.6 Å². The molecule has 2 aromatic heterocycles. The topological polar surface area (TPSA) is 78.6 Å². The number of hydrogen-bond acceptors (Lipinski definition) is 3. The van der Waals surface area contributed by atoms with Gasteiger partial charge in [-0.25, -0.2) is 0 Å². The van der Waals surface area contributed by atoms with Gasteiger partial charge in [-0.2, -0.15) is 16.4 Å². The number of rotatable bonds is 4. The van der Waals surface area contributed by atoms with Crippen molar-refractivity contribution >= 4 is 17.2 Å². The van der Waals surface area contributed by atoms with E-state index in [4.69, 9.17) is 11.1 Å². The highest BCUT2D eigenvalue weighted by Gasteiger charge is 2.07. The number of nitrogens with zero attached hydrogens (tertiary/aromatic N) is 1. The van der Waals surface area contributed by atoms with Crippen molar-refractivity contribution < 1.29 is 0 Å². The molecule has 0 amide bonds. The minimum Gasteiger partial charge on any atom is -0.388 e. The van der Waals surface area contributed by atoms with Crippen LogP contribution in [0.25, 0.3) is 11.3 Å². The van der Waals surface area contributed by atoms with Crippen LogP contribution in [0.1, 0.15) is 12.0 Å². The van der Waals surface area contributed by atoms with E-state index in [1.54, 1.807) is 17.5 Å². The lowest BCUT2D eigenvalue weighted by Crippen LogP contribution is -2.10. The molecular weight excluding hydrogens is 208 g/mol. The van der Waals surface area contributed by atoms with Gasteiger partial charge >= 0.3 is 0 Å². The first kappa shape index (κ1) is 9.92. The molecule has 15 heavy (non-hydrogen) atoms. The molecule has 5 heteroatoms. The molecule has 4 nitrogen and oxygen atoms in total. The molecule has 0 bridgehead atoms. The number of hydrogen-bond donors (Lipinski definition) is 3. The minimum atomic E-state index is 0.215. The van der Waals surface area contributed by atoms with E-state index in [1.807, 2.05) is 5.38 Å². The van der Waals surface area contributed by atoms with Crippen LogP contribution in [-0.4, -0.2) is 16.0 Å². The van der Waals surface area contributed by atoms with E-state index in [2.05, 4.69) is 21.6 Å². The van der Waals surface area contributed by atoms with Crippen molar-refractivity contribution in [3.63, 3.8) is 0 Å². The van der Waals surface area contributed by atoms with Gasteiger partial charge in [0.25, 0.3) is 0 Å². The summed E-state index contributed by atoms with van der Waals surface area (Å²) in [5.74, 6) is 0.215. The Labute approximate surface area is 91.6 Å². The van der Waals surface area contributed by atoms with Crippen LogP contribution in [0.2, 0.25) is 0 Å². The number of nitrogens with one attached hydrogen (secondary N) is 2. The Balaban J connectivity index is 2.19. The summed E-state index contributed by atoms with van der Waals surface area (Å²) in [6.45, 7) is 0. The van der Waals surface area contributed by atoms with E-state index in [9.17, 15) is 0 Å². The molecule has 0 aliphatic heterocycles. The fourth-order valence-corrected chi connectivity index (χ4v) is 2.07. The van der Waals surface area contributed by atoms with Crippen molar-refractivity contribution in [2.45, 2.75) is 12.8 Å². The van der Waals surface area contributed by atoms with Gasteiger partial charge in [0.05, 0.1) is 17.7 Å². The Morgan fingerprint density at radius 1 is 1.60 bits per heavy atom. The predicted molar refractivity (Wildman–Crippen MR) is 62.1 cm³/mol. The maximum atomic E-state index is 7.19. The molecule has 0 atom stereocenters. The second kappa shape index (κ2) is 4.27. The summed E-state index contributed by atoms with van der Waals surface area (Å²) in [5.41, 5.74) is 8.64. The van der Waals surface area contributed by atoms with E-state index in [0.717, 1.165) is 23.2 Å². The van der Waals surface area contributed by atoms with Gasteiger partial charge in [-0.1, -0.05) is 0 Å². The maximum absolute atomic E-state index is 7.19.